The minimum Gasteiger partial charge on any atom is -0.304 e. The number of nitrogens with zero attached hydrogens (tertiary/aromatic N) is 3. The summed E-state index contributed by atoms with van der Waals surface area (Å²) < 4.78 is 0. The summed E-state index contributed by atoms with van der Waals surface area (Å²) >= 11 is 0. The fourth-order valence-corrected chi connectivity index (χ4v) is 0.697. The summed E-state index contributed by atoms with van der Waals surface area (Å²) in [6.07, 6.45) is 0. The Bertz CT molecular complexity index is 191. The van der Waals surface area contributed by atoms with Crippen molar-refractivity contribution in [3.63, 3.8) is 0 Å². The van der Waals surface area contributed by atoms with Gasteiger partial charge in [0.1, 0.15) is 0 Å². The lowest BCUT2D eigenvalue weighted by atomic mass is 10.1. The normalized spacial score (nSPS) is 12.9. The molecule has 0 aromatic carbocycles. The molecule has 0 aromatic heterocycles. The van der Waals surface area contributed by atoms with Gasteiger partial charge in [-0.2, -0.15) is 0 Å². The van der Waals surface area contributed by atoms with Crippen LogP contribution in [0.4, 0.5) is 0 Å². The van der Waals surface area contributed by atoms with Crippen LogP contribution in [0, 0.1) is 11.3 Å². The largest absolute Gasteiger partial charge is 0.304 e. The molecule has 5 nitrogen and oxygen atoms in total. The third kappa shape index (κ3) is 3.44. The van der Waals surface area contributed by atoms with Gasteiger partial charge in [0.05, 0.1) is 11.4 Å². The maximum atomic E-state index is 7.29. The first kappa shape index (κ1) is 9.74. The maximum absolute atomic E-state index is 7.29. The minimum absolute atomic E-state index is 0.179. The van der Waals surface area contributed by atoms with Gasteiger partial charge in [-0.15, -0.1) is 5.10 Å². The van der Waals surface area contributed by atoms with E-state index in [-0.39, 0.29) is 5.92 Å². The fraction of sp³-hybridized carbons (Fsp3) is 0.667. The number of nitrogens with one attached hydrogen (secondary N) is 1. The van der Waals surface area contributed by atoms with Crippen LogP contribution in [0.1, 0.15) is 20.8 Å². The van der Waals surface area contributed by atoms with E-state index in [1.54, 1.807) is 6.92 Å². The van der Waals surface area contributed by atoms with Crippen LogP contribution in [0.3, 0.4) is 0 Å². The van der Waals surface area contributed by atoms with Gasteiger partial charge in [-0.25, -0.2) is 0 Å². The monoisotopic (exact) mass is 155 g/mol. The Balaban J connectivity index is 4.46. The van der Waals surface area contributed by atoms with E-state index in [0.29, 0.717) is 11.4 Å². The average Bonchev–Trinajstić information content (AvgIpc) is 1.87. The average molecular weight is 155 g/mol. The third-order valence-corrected chi connectivity index (χ3v) is 1.14. The van der Waals surface area contributed by atoms with Crippen molar-refractivity contribution in [2.75, 3.05) is 0 Å². The van der Waals surface area contributed by atoms with Crippen LogP contribution in [0.15, 0.2) is 15.5 Å². The highest BCUT2D eigenvalue weighted by Gasteiger charge is 2.06. The molecule has 0 fully saturated rings. The van der Waals surface area contributed by atoms with Crippen LogP contribution < -0.4 is 5.84 Å². The van der Waals surface area contributed by atoms with Crippen molar-refractivity contribution < 1.29 is 0 Å². The summed E-state index contributed by atoms with van der Waals surface area (Å²) in [7, 11) is 0. The number of hydrogen-bond donors (Lipinski definition) is 2. The van der Waals surface area contributed by atoms with Gasteiger partial charge in [0.25, 0.3) is 0 Å². The summed E-state index contributed by atoms with van der Waals surface area (Å²) in [6, 6.07) is 0. The molecule has 0 aromatic rings. The lowest BCUT2D eigenvalue weighted by Gasteiger charge is -2.04. The molecule has 0 saturated carbocycles. The Kier molecular flexibility index (Phi) is 4.02. The highest BCUT2D eigenvalue weighted by atomic mass is 15.5. The third-order valence-electron chi connectivity index (χ3n) is 1.14. The van der Waals surface area contributed by atoms with Crippen molar-refractivity contribution in [1.82, 2.24) is 0 Å². The molecule has 3 N–H and O–H groups in total. The first-order valence-electron chi connectivity index (χ1n) is 3.33. The molecule has 5 heteroatoms. The Hall–Kier alpha value is -1.26. The summed E-state index contributed by atoms with van der Waals surface area (Å²) in [5, 5.41) is 17.2. The SMILES string of the molecule is CC(=N)C(=NN=NN)C(C)C. The van der Waals surface area contributed by atoms with Crippen molar-refractivity contribution in [1.29, 1.82) is 5.41 Å². The molecule has 0 aliphatic heterocycles. The minimum atomic E-state index is 0.179. The second kappa shape index (κ2) is 4.54. The van der Waals surface area contributed by atoms with Crippen LogP contribution in [0.5, 0.6) is 0 Å². The van der Waals surface area contributed by atoms with Crippen LogP contribution >= 0.6 is 0 Å². The van der Waals surface area contributed by atoms with E-state index in [2.05, 4.69) is 15.5 Å². The van der Waals surface area contributed by atoms with Crippen molar-refractivity contribution in [2.24, 2.45) is 27.3 Å². The van der Waals surface area contributed by atoms with E-state index in [1.807, 2.05) is 13.8 Å². The molecule has 0 aliphatic carbocycles. The smallest absolute Gasteiger partial charge is 0.0878 e. The molecule has 62 valence electrons. The molecule has 0 bridgehead atoms. The number of hydrogen-bond acceptors (Lipinski definition) is 3. The van der Waals surface area contributed by atoms with E-state index >= 15 is 0 Å². The van der Waals surface area contributed by atoms with Gasteiger partial charge in [0.15, 0.2) is 0 Å². The zero-order valence-electron chi connectivity index (χ0n) is 7.00. The predicted molar refractivity (Wildman–Crippen MR) is 44.7 cm³/mol. The summed E-state index contributed by atoms with van der Waals surface area (Å²) in [5.41, 5.74) is 1.01. The van der Waals surface area contributed by atoms with Gasteiger partial charge in [-0.3, -0.25) is 0 Å². The Labute approximate surface area is 65.9 Å². The van der Waals surface area contributed by atoms with E-state index in [9.17, 15) is 0 Å². The van der Waals surface area contributed by atoms with Gasteiger partial charge in [-0.1, -0.05) is 19.1 Å². The lowest BCUT2D eigenvalue weighted by Crippen LogP contribution is -2.15. The van der Waals surface area contributed by atoms with Crippen molar-refractivity contribution in [2.45, 2.75) is 20.8 Å². The van der Waals surface area contributed by atoms with Crippen LogP contribution in [0.25, 0.3) is 0 Å². The second-order valence-electron chi connectivity index (χ2n) is 2.47. The molecule has 0 spiro atoms. The zero-order chi connectivity index (χ0) is 8.85. The number of rotatable bonds is 3. The molecular formula is C6H13N5. The van der Waals surface area contributed by atoms with E-state index in [0.717, 1.165) is 0 Å². The van der Waals surface area contributed by atoms with E-state index in [1.165, 1.54) is 0 Å². The van der Waals surface area contributed by atoms with Gasteiger partial charge in [0, 0.05) is 0 Å². The second-order valence-corrected chi connectivity index (χ2v) is 2.47. The van der Waals surface area contributed by atoms with Gasteiger partial charge < -0.3 is 11.3 Å². The molecule has 0 aliphatic rings. The molecule has 0 rings (SSSR count). The molecule has 0 amide bonds. The van der Waals surface area contributed by atoms with E-state index in [4.69, 9.17) is 11.3 Å². The molecular weight excluding hydrogens is 142 g/mol. The molecule has 0 saturated heterocycles. The first-order valence-corrected chi connectivity index (χ1v) is 3.33. The van der Waals surface area contributed by atoms with Crippen molar-refractivity contribution >= 4 is 11.4 Å². The fourth-order valence-electron chi connectivity index (χ4n) is 0.697. The molecule has 0 atom stereocenters. The van der Waals surface area contributed by atoms with Gasteiger partial charge >= 0.3 is 0 Å². The number of nitrogens with two attached hydrogens (primary N) is 1. The van der Waals surface area contributed by atoms with E-state index < -0.39 is 0 Å². The highest BCUT2D eigenvalue weighted by molar-refractivity contribution is 6.40. The lowest BCUT2D eigenvalue weighted by molar-refractivity contribution is 0.865. The van der Waals surface area contributed by atoms with Crippen LogP contribution in [-0.2, 0) is 0 Å². The van der Waals surface area contributed by atoms with Crippen molar-refractivity contribution in [3.8, 4) is 0 Å². The topological polar surface area (TPSA) is 87.0 Å². The quantitative estimate of drug-likeness (QED) is 0.274. The Morgan fingerprint density at radius 1 is 1.45 bits per heavy atom. The highest BCUT2D eigenvalue weighted by Crippen LogP contribution is 1.99. The standard InChI is InChI=1S/C6H13N5/c1-4(2)6(5(3)7)9-11-10-8/h4,7H,1-3H3,(H2,8,11). The maximum Gasteiger partial charge on any atom is 0.0878 e. The summed E-state index contributed by atoms with van der Waals surface area (Å²) in [6.45, 7) is 5.52. The first-order chi connectivity index (χ1) is 5.09. The molecule has 11 heavy (non-hydrogen) atoms. The predicted octanol–water partition coefficient (Wildman–Crippen LogP) is 1.36. The van der Waals surface area contributed by atoms with Crippen molar-refractivity contribution in [3.05, 3.63) is 0 Å². The van der Waals surface area contributed by atoms with Gasteiger partial charge in [-0.05, 0) is 18.1 Å². The molecule has 0 radical (unpaired) electrons. The van der Waals surface area contributed by atoms with Crippen LogP contribution in [0.2, 0.25) is 0 Å². The summed E-state index contributed by atoms with van der Waals surface area (Å²) in [4.78, 5) is 0. The van der Waals surface area contributed by atoms with Crippen LogP contribution in [-0.4, -0.2) is 11.4 Å². The molecule has 0 unspecified atom stereocenters. The van der Waals surface area contributed by atoms with Gasteiger partial charge in [0.2, 0.25) is 0 Å². The Morgan fingerprint density at radius 2 is 2.00 bits per heavy atom. The zero-order valence-corrected chi connectivity index (χ0v) is 7.00. The Morgan fingerprint density at radius 3 is 2.27 bits per heavy atom. The molecule has 0 heterocycles. The summed E-state index contributed by atoms with van der Waals surface area (Å²) in [5.74, 6) is 4.94.